The van der Waals surface area contributed by atoms with Crippen molar-refractivity contribution < 1.29 is 14.4 Å². The number of likely N-dealkylation sites (N-methyl/N-ethyl adjacent to an activating group) is 1. The highest BCUT2D eigenvalue weighted by Crippen LogP contribution is 2.35. The Hall–Kier alpha value is -3.72. The average molecular weight is 390 g/mol. The molecule has 9 nitrogen and oxygen atoms in total. The van der Waals surface area contributed by atoms with Gasteiger partial charge in [0, 0.05) is 37.2 Å². The van der Waals surface area contributed by atoms with Crippen LogP contribution >= 0.6 is 0 Å². The number of pyridine rings is 1. The molecule has 4 heterocycles. The Morgan fingerprint density at radius 2 is 2.07 bits per heavy atom. The maximum atomic E-state index is 12.3. The lowest BCUT2D eigenvalue weighted by molar-refractivity contribution is -0.143. The molecule has 1 atom stereocenters. The van der Waals surface area contributed by atoms with Crippen LogP contribution in [0.25, 0.3) is 33.6 Å². The summed E-state index contributed by atoms with van der Waals surface area (Å²) < 4.78 is 5.44. The Morgan fingerprint density at radius 3 is 2.86 bits per heavy atom. The molecule has 5 rings (SSSR count). The molecule has 4 N–H and O–H groups in total. The van der Waals surface area contributed by atoms with Gasteiger partial charge in [-0.05, 0) is 18.2 Å². The summed E-state index contributed by atoms with van der Waals surface area (Å²) in [5.74, 6) is 0.431. The second-order valence-corrected chi connectivity index (χ2v) is 7.20. The van der Waals surface area contributed by atoms with Crippen molar-refractivity contribution in [2.24, 2.45) is 0 Å². The third-order valence-corrected chi connectivity index (χ3v) is 5.32. The number of fused-ring (bicyclic) bond motifs is 1. The fourth-order valence-corrected chi connectivity index (χ4v) is 3.61. The summed E-state index contributed by atoms with van der Waals surface area (Å²) >= 11 is 0. The van der Waals surface area contributed by atoms with E-state index in [1.165, 1.54) is 4.90 Å². The zero-order valence-electron chi connectivity index (χ0n) is 15.6. The molecule has 0 saturated carbocycles. The number of nitrogens with two attached hydrogens (primary N) is 1. The molecule has 0 radical (unpaired) electrons. The number of aromatic nitrogens is 4. The fourth-order valence-electron chi connectivity index (χ4n) is 3.61. The molecule has 3 aromatic heterocycles. The highest BCUT2D eigenvalue weighted by molar-refractivity contribution is 5.88. The standard InChI is InChI=1S/C20H18N6O3/c1-26-8-7-20(28,19(26)27)16-10-15(29-25-16)12-4-2-3-11(9-12)13-5-6-14-17(22-13)18(21)24-23-14/h2-6,9-10,28H,7-8H2,1H3,(H3,21,23,24)/t20-/m1/s1. The van der Waals surface area contributed by atoms with Crippen molar-refractivity contribution in [2.45, 2.75) is 12.0 Å². The van der Waals surface area contributed by atoms with Crippen LogP contribution in [0.15, 0.2) is 47.0 Å². The third kappa shape index (κ3) is 2.66. The van der Waals surface area contributed by atoms with E-state index in [2.05, 4.69) is 20.3 Å². The Morgan fingerprint density at radius 1 is 1.24 bits per heavy atom. The molecule has 146 valence electrons. The summed E-state index contributed by atoms with van der Waals surface area (Å²) in [5.41, 5.74) is 8.17. The number of nitrogen functional groups attached to an aromatic ring is 1. The molecule has 29 heavy (non-hydrogen) atoms. The van der Waals surface area contributed by atoms with Gasteiger partial charge in [0.15, 0.2) is 17.2 Å². The normalized spacial score (nSPS) is 19.4. The number of hydrogen-bond donors (Lipinski definition) is 3. The number of benzene rings is 1. The van der Waals surface area contributed by atoms with Crippen LogP contribution in [-0.4, -0.2) is 49.8 Å². The minimum absolute atomic E-state index is 0.220. The Bertz CT molecular complexity index is 1250. The first-order valence-electron chi connectivity index (χ1n) is 9.12. The molecule has 1 aliphatic rings. The molecular weight excluding hydrogens is 372 g/mol. The minimum atomic E-state index is -1.64. The molecule has 1 amide bonds. The van der Waals surface area contributed by atoms with Gasteiger partial charge in [0.2, 0.25) is 0 Å². The van der Waals surface area contributed by atoms with E-state index in [1.54, 1.807) is 13.1 Å². The van der Waals surface area contributed by atoms with E-state index in [0.717, 1.165) is 22.3 Å². The van der Waals surface area contributed by atoms with Crippen LogP contribution in [0.4, 0.5) is 5.82 Å². The first kappa shape index (κ1) is 17.4. The van der Waals surface area contributed by atoms with Crippen molar-refractivity contribution in [1.29, 1.82) is 0 Å². The summed E-state index contributed by atoms with van der Waals surface area (Å²) in [6.07, 6.45) is 0.282. The number of anilines is 1. The number of carbonyl (C=O) groups excluding carboxylic acids is 1. The van der Waals surface area contributed by atoms with Crippen LogP contribution in [0.1, 0.15) is 12.1 Å². The van der Waals surface area contributed by atoms with Gasteiger partial charge in [0.25, 0.3) is 5.91 Å². The van der Waals surface area contributed by atoms with Crippen LogP contribution in [0.3, 0.4) is 0 Å². The van der Waals surface area contributed by atoms with Crippen molar-refractivity contribution in [2.75, 3.05) is 19.3 Å². The summed E-state index contributed by atoms with van der Waals surface area (Å²) in [7, 11) is 1.65. The molecule has 9 heteroatoms. The predicted molar refractivity (Wildman–Crippen MR) is 105 cm³/mol. The van der Waals surface area contributed by atoms with Crippen LogP contribution in [0, 0.1) is 0 Å². The van der Waals surface area contributed by atoms with Crippen molar-refractivity contribution in [3.05, 3.63) is 48.2 Å². The molecule has 1 saturated heterocycles. The van der Waals surface area contributed by atoms with Gasteiger partial charge in [-0.3, -0.25) is 9.89 Å². The quantitative estimate of drug-likeness (QED) is 0.486. The van der Waals surface area contributed by atoms with E-state index < -0.39 is 5.60 Å². The third-order valence-electron chi connectivity index (χ3n) is 5.32. The highest BCUT2D eigenvalue weighted by Gasteiger charge is 2.47. The maximum Gasteiger partial charge on any atom is 0.260 e. The van der Waals surface area contributed by atoms with Crippen LogP contribution in [0.2, 0.25) is 0 Å². The molecule has 1 fully saturated rings. The monoisotopic (exact) mass is 390 g/mol. The topological polar surface area (TPSA) is 134 Å². The minimum Gasteiger partial charge on any atom is -0.380 e. The fraction of sp³-hybridized carbons (Fsp3) is 0.200. The van der Waals surface area contributed by atoms with E-state index in [0.29, 0.717) is 23.6 Å². The van der Waals surface area contributed by atoms with Crippen LogP contribution < -0.4 is 5.73 Å². The lowest BCUT2D eigenvalue weighted by Gasteiger charge is -2.16. The highest BCUT2D eigenvalue weighted by atomic mass is 16.5. The van der Waals surface area contributed by atoms with Crippen molar-refractivity contribution >= 4 is 22.8 Å². The SMILES string of the molecule is CN1CC[C@@](O)(c2cc(-c3cccc(-c4ccc5[nH]nc(N)c5n4)c3)on2)C1=O. The Balaban J connectivity index is 1.51. The maximum absolute atomic E-state index is 12.3. The van der Waals surface area contributed by atoms with Gasteiger partial charge in [-0.1, -0.05) is 23.4 Å². The van der Waals surface area contributed by atoms with Gasteiger partial charge in [0.1, 0.15) is 11.2 Å². The number of aliphatic hydroxyl groups is 1. The number of rotatable bonds is 3. The molecule has 0 spiro atoms. The lowest BCUT2D eigenvalue weighted by Crippen LogP contribution is -2.36. The average Bonchev–Trinajstić information content (AvgIpc) is 3.44. The number of nitrogens with one attached hydrogen (secondary N) is 1. The summed E-state index contributed by atoms with van der Waals surface area (Å²) in [5, 5.41) is 21.5. The van der Waals surface area contributed by atoms with Gasteiger partial charge >= 0.3 is 0 Å². The molecule has 1 aliphatic heterocycles. The molecule has 0 bridgehead atoms. The van der Waals surface area contributed by atoms with Gasteiger partial charge in [-0.15, -0.1) is 0 Å². The van der Waals surface area contributed by atoms with Crippen molar-refractivity contribution in [3.63, 3.8) is 0 Å². The first-order chi connectivity index (χ1) is 14.0. The molecule has 4 aromatic rings. The number of likely N-dealkylation sites (tertiary alicyclic amines) is 1. The second-order valence-electron chi connectivity index (χ2n) is 7.20. The van der Waals surface area contributed by atoms with Gasteiger partial charge in [-0.2, -0.15) is 5.10 Å². The van der Waals surface area contributed by atoms with E-state index in [-0.39, 0.29) is 18.0 Å². The summed E-state index contributed by atoms with van der Waals surface area (Å²) in [6.45, 7) is 0.471. The number of aromatic amines is 1. The number of carbonyl (C=O) groups is 1. The predicted octanol–water partition coefficient (Wildman–Crippen LogP) is 1.91. The lowest BCUT2D eigenvalue weighted by atomic mass is 9.97. The number of H-pyrrole nitrogens is 1. The number of amides is 1. The summed E-state index contributed by atoms with van der Waals surface area (Å²) in [6, 6.07) is 12.9. The largest absolute Gasteiger partial charge is 0.380 e. The van der Waals surface area contributed by atoms with E-state index in [1.807, 2.05) is 36.4 Å². The van der Waals surface area contributed by atoms with Crippen molar-refractivity contribution in [1.82, 2.24) is 25.2 Å². The molecule has 1 aromatic carbocycles. The van der Waals surface area contributed by atoms with Crippen LogP contribution in [0.5, 0.6) is 0 Å². The van der Waals surface area contributed by atoms with E-state index in [4.69, 9.17) is 10.3 Å². The van der Waals surface area contributed by atoms with Gasteiger partial charge in [0.05, 0.1) is 11.2 Å². The zero-order chi connectivity index (χ0) is 20.2. The summed E-state index contributed by atoms with van der Waals surface area (Å²) in [4.78, 5) is 18.4. The number of hydrogen-bond acceptors (Lipinski definition) is 7. The number of nitrogens with zero attached hydrogens (tertiary/aromatic N) is 4. The smallest absolute Gasteiger partial charge is 0.260 e. The second kappa shape index (κ2) is 6.14. The van der Waals surface area contributed by atoms with Gasteiger partial charge < -0.3 is 20.3 Å². The zero-order valence-corrected chi connectivity index (χ0v) is 15.6. The van der Waals surface area contributed by atoms with E-state index in [9.17, 15) is 9.90 Å². The van der Waals surface area contributed by atoms with Gasteiger partial charge in [-0.25, -0.2) is 4.98 Å². The Labute approximate surface area is 165 Å². The first-order valence-corrected chi connectivity index (χ1v) is 9.12. The molecule has 0 aliphatic carbocycles. The Kier molecular flexibility index (Phi) is 3.68. The van der Waals surface area contributed by atoms with E-state index >= 15 is 0 Å². The molecular formula is C20H18N6O3. The van der Waals surface area contributed by atoms with Crippen molar-refractivity contribution in [3.8, 4) is 22.6 Å². The molecule has 0 unspecified atom stereocenters. The van der Waals surface area contributed by atoms with Crippen LogP contribution in [-0.2, 0) is 10.4 Å².